The Bertz CT molecular complexity index is 1270. The minimum atomic E-state index is -0.280. The topological polar surface area (TPSA) is 145 Å². The number of nitrogens with one attached hydrogen (secondary N) is 3. The Hall–Kier alpha value is -3.97. The first-order chi connectivity index (χ1) is 16.9. The Kier molecular flexibility index (Phi) is 7.27. The zero-order valence-electron chi connectivity index (χ0n) is 19.8. The first-order valence-electron chi connectivity index (χ1n) is 11.7. The predicted octanol–water partition coefficient (Wildman–Crippen LogP) is 2.12. The molecule has 1 aliphatic carbocycles. The molecule has 4 rings (SSSR count). The maximum absolute atomic E-state index is 13.2. The molecule has 1 unspecified atom stereocenters. The van der Waals surface area contributed by atoms with Gasteiger partial charge >= 0.3 is 0 Å². The number of amides is 2. The molecule has 3 aromatic rings. The number of aromatic nitrogens is 3. The quantitative estimate of drug-likeness (QED) is 0.409. The van der Waals surface area contributed by atoms with Gasteiger partial charge in [0.2, 0.25) is 5.91 Å². The molecule has 0 saturated heterocycles. The molecule has 10 nitrogen and oxygen atoms in total. The van der Waals surface area contributed by atoms with Crippen LogP contribution in [0, 0.1) is 17.2 Å². The number of fused-ring (bicyclic) bond motifs is 1. The number of rotatable bonds is 7. The summed E-state index contributed by atoms with van der Waals surface area (Å²) in [5.41, 5.74) is 2.03. The van der Waals surface area contributed by atoms with Crippen molar-refractivity contribution < 1.29 is 14.7 Å². The average Bonchev–Trinajstić information content (AvgIpc) is 3.31. The van der Waals surface area contributed by atoms with E-state index in [9.17, 15) is 14.7 Å². The molecule has 1 atom stereocenters. The summed E-state index contributed by atoms with van der Waals surface area (Å²) in [5.74, 6) is 0.336. The van der Waals surface area contributed by atoms with E-state index in [-0.39, 0.29) is 36.4 Å². The van der Waals surface area contributed by atoms with Crippen LogP contribution in [0.1, 0.15) is 48.5 Å². The average molecular weight is 476 g/mol. The number of aliphatic hydroxyl groups is 1. The van der Waals surface area contributed by atoms with Crippen molar-refractivity contribution in [1.82, 2.24) is 25.2 Å². The lowest BCUT2D eigenvalue weighted by Crippen LogP contribution is -2.40. The van der Waals surface area contributed by atoms with E-state index in [2.05, 4.69) is 32.0 Å². The van der Waals surface area contributed by atoms with Crippen LogP contribution in [0.15, 0.2) is 36.8 Å². The van der Waals surface area contributed by atoms with Gasteiger partial charge in [0.05, 0.1) is 23.4 Å². The van der Waals surface area contributed by atoms with Crippen LogP contribution in [0.4, 0.5) is 5.69 Å². The van der Waals surface area contributed by atoms with Crippen molar-refractivity contribution in [2.75, 3.05) is 19.0 Å². The van der Waals surface area contributed by atoms with Gasteiger partial charge in [-0.1, -0.05) is 0 Å². The van der Waals surface area contributed by atoms with E-state index in [1.165, 1.54) is 12.4 Å². The molecule has 10 heteroatoms. The standard InChI is InChI=1S/C25H29N7O3/c1-15(14-33)30-21-10-22(32-8-7-18-9-16(11-26)12-29-23(18)32)28-13-20(21)25(35)31-19-5-3-17(4-6-19)24(34)27-2/h7-10,12-13,15,17,19,33H,3-6,14H2,1-2H3,(H,27,34)(H,28,30)(H,31,35). The molecule has 35 heavy (non-hydrogen) atoms. The van der Waals surface area contributed by atoms with Crippen LogP contribution in [-0.2, 0) is 4.79 Å². The second kappa shape index (κ2) is 10.5. The summed E-state index contributed by atoms with van der Waals surface area (Å²) in [4.78, 5) is 34.0. The van der Waals surface area contributed by atoms with Crippen molar-refractivity contribution >= 4 is 28.5 Å². The molecular weight excluding hydrogens is 446 g/mol. The number of pyridine rings is 2. The molecule has 2 amide bonds. The Morgan fingerprint density at radius 2 is 2.00 bits per heavy atom. The molecule has 1 fully saturated rings. The number of hydrogen-bond acceptors (Lipinski definition) is 7. The van der Waals surface area contributed by atoms with Gasteiger partial charge in [-0.3, -0.25) is 14.2 Å². The molecule has 0 spiro atoms. The van der Waals surface area contributed by atoms with E-state index in [4.69, 9.17) is 5.26 Å². The highest BCUT2D eigenvalue weighted by molar-refractivity contribution is 6.00. The van der Waals surface area contributed by atoms with Gasteiger partial charge in [0, 0.05) is 55.1 Å². The number of carbonyl (C=O) groups is 2. The van der Waals surface area contributed by atoms with Crippen LogP contribution in [-0.4, -0.2) is 57.2 Å². The number of hydrogen-bond donors (Lipinski definition) is 4. The number of aliphatic hydroxyl groups excluding tert-OH is 1. The van der Waals surface area contributed by atoms with Crippen LogP contribution in [0.5, 0.6) is 0 Å². The summed E-state index contributed by atoms with van der Waals surface area (Å²) in [7, 11) is 1.64. The monoisotopic (exact) mass is 475 g/mol. The molecule has 182 valence electrons. The second-order valence-corrected chi connectivity index (χ2v) is 8.89. The van der Waals surface area contributed by atoms with Crippen LogP contribution >= 0.6 is 0 Å². The largest absolute Gasteiger partial charge is 0.394 e. The fourth-order valence-electron chi connectivity index (χ4n) is 4.42. The van der Waals surface area contributed by atoms with Gasteiger partial charge in [0.1, 0.15) is 17.5 Å². The number of nitriles is 1. The second-order valence-electron chi connectivity index (χ2n) is 8.89. The highest BCUT2D eigenvalue weighted by atomic mass is 16.3. The maximum atomic E-state index is 13.2. The molecule has 0 bridgehead atoms. The zero-order valence-corrected chi connectivity index (χ0v) is 19.8. The van der Waals surface area contributed by atoms with E-state index < -0.39 is 0 Å². The van der Waals surface area contributed by atoms with Crippen LogP contribution in [0.2, 0.25) is 0 Å². The van der Waals surface area contributed by atoms with Crippen molar-refractivity contribution in [2.24, 2.45) is 5.92 Å². The molecule has 0 radical (unpaired) electrons. The summed E-state index contributed by atoms with van der Waals surface area (Å²) < 4.78 is 1.78. The van der Waals surface area contributed by atoms with Crippen molar-refractivity contribution in [3.8, 4) is 11.9 Å². The Balaban J connectivity index is 1.58. The lowest BCUT2D eigenvalue weighted by molar-refractivity contribution is -0.125. The molecule has 1 saturated carbocycles. The SMILES string of the molecule is CNC(=O)C1CCC(NC(=O)c2cnc(-n3ccc4cc(C#N)cnc43)cc2NC(C)CO)CC1. The van der Waals surface area contributed by atoms with E-state index in [1.807, 2.05) is 19.2 Å². The number of anilines is 1. The van der Waals surface area contributed by atoms with Gasteiger partial charge in [-0.25, -0.2) is 9.97 Å². The van der Waals surface area contributed by atoms with E-state index >= 15 is 0 Å². The van der Waals surface area contributed by atoms with Gasteiger partial charge < -0.3 is 21.1 Å². The molecule has 0 aromatic carbocycles. The summed E-state index contributed by atoms with van der Waals surface area (Å²) in [6.45, 7) is 1.71. The molecule has 3 aromatic heterocycles. The van der Waals surface area contributed by atoms with Crippen molar-refractivity contribution in [3.05, 3.63) is 47.9 Å². The highest BCUT2D eigenvalue weighted by Crippen LogP contribution is 2.26. The summed E-state index contributed by atoms with van der Waals surface area (Å²) in [5, 5.41) is 28.5. The normalized spacial score (nSPS) is 18.5. The van der Waals surface area contributed by atoms with E-state index in [0.717, 1.165) is 31.1 Å². The van der Waals surface area contributed by atoms with E-state index in [0.29, 0.717) is 28.3 Å². The number of nitrogens with zero attached hydrogens (tertiary/aromatic N) is 4. The molecule has 1 aliphatic rings. The van der Waals surface area contributed by atoms with Gasteiger partial charge in [-0.2, -0.15) is 5.26 Å². The fraction of sp³-hybridized carbons (Fsp3) is 0.400. The molecular formula is C25H29N7O3. The Labute approximate surface area is 203 Å². The summed E-state index contributed by atoms with van der Waals surface area (Å²) >= 11 is 0. The lowest BCUT2D eigenvalue weighted by atomic mass is 9.85. The Morgan fingerprint density at radius 1 is 1.23 bits per heavy atom. The highest BCUT2D eigenvalue weighted by Gasteiger charge is 2.27. The molecule has 4 N–H and O–H groups in total. The Morgan fingerprint density at radius 3 is 2.69 bits per heavy atom. The zero-order chi connectivity index (χ0) is 24.9. The number of carbonyl (C=O) groups excluding carboxylic acids is 2. The summed E-state index contributed by atoms with van der Waals surface area (Å²) in [6, 6.07) is 7.15. The summed E-state index contributed by atoms with van der Waals surface area (Å²) in [6.07, 6.45) is 7.76. The smallest absolute Gasteiger partial charge is 0.255 e. The van der Waals surface area contributed by atoms with Gasteiger partial charge in [0.15, 0.2) is 0 Å². The molecule has 0 aliphatic heterocycles. The van der Waals surface area contributed by atoms with Crippen LogP contribution in [0.3, 0.4) is 0 Å². The van der Waals surface area contributed by atoms with Crippen LogP contribution in [0.25, 0.3) is 16.9 Å². The van der Waals surface area contributed by atoms with Crippen LogP contribution < -0.4 is 16.0 Å². The van der Waals surface area contributed by atoms with Crippen molar-refractivity contribution in [3.63, 3.8) is 0 Å². The third kappa shape index (κ3) is 5.25. The van der Waals surface area contributed by atoms with Crippen molar-refractivity contribution in [2.45, 2.75) is 44.7 Å². The van der Waals surface area contributed by atoms with Gasteiger partial charge in [-0.15, -0.1) is 0 Å². The minimum Gasteiger partial charge on any atom is -0.394 e. The first kappa shape index (κ1) is 24.2. The van der Waals surface area contributed by atoms with E-state index in [1.54, 1.807) is 23.7 Å². The molecule has 3 heterocycles. The van der Waals surface area contributed by atoms with Gasteiger partial charge in [0.25, 0.3) is 5.91 Å². The van der Waals surface area contributed by atoms with Gasteiger partial charge in [-0.05, 0) is 44.7 Å². The predicted molar refractivity (Wildman–Crippen MR) is 131 cm³/mol. The lowest BCUT2D eigenvalue weighted by Gasteiger charge is -2.28. The minimum absolute atomic E-state index is 0.00836. The fourth-order valence-corrected chi connectivity index (χ4v) is 4.42. The first-order valence-corrected chi connectivity index (χ1v) is 11.7. The maximum Gasteiger partial charge on any atom is 0.255 e. The third-order valence-electron chi connectivity index (χ3n) is 6.39. The van der Waals surface area contributed by atoms with Crippen molar-refractivity contribution in [1.29, 1.82) is 5.26 Å². The third-order valence-corrected chi connectivity index (χ3v) is 6.39.